The van der Waals surface area contributed by atoms with Crippen molar-refractivity contribution in [1.82, 2.24) is 4.72 Å². The predicted octanol–water partition coefficient (Wildman–Crippen LogP) is 2.75. The summed E-state index contributed by atoms with van der Waals surface area (Å²) in [7, 11) is -3.61. The van der Waals surface area contributed by atoms with Crippen LogP contribution in [0.1, 0.15) is 15.9 Å². The zero-order chi connectivity index (χ0) is 17.0. The van der Waals surface area contributed by atoms with Gasteiger partial charge >= 0.3 is 0 Å². The molecule has 23 heavy (non-hydrogen) atoms. The molecule has 0 heterocycles. The molecule has 0 aromatic heterocycles. The molecule has 2 rings (SSSR count). The minimum Gasteiger partial charge on any atom is -0.489 e. The van der Waals surface area contributed by atoms with Crippen molar-refractivity contribution >= 4 is 27.5 Å². The number of benzene rings is 2. The van der Waals surface area contributed by atoms with Crippen LogP contribution in [0, 0.1) is 5.82 Å². The molecule has 0 unspecified atom stereocenters. The summed E-state index contributed by atoms with van der Waals surface area (Å²) in [5, 5.41) is 0.258. The second-order valence-electron chi connectivity index (χ2n) is 4.75. The topological polar surface area (TPSA) is 72.5 Å². The third-order valence-electron chi connectivity index (χ3n) is 2.80. The first-order valence-corrected chi connectivity index (χ1v) is 8.70. The maximum Gasteiger partial charge on any atom is 0.264 e. The first-order valence-electron chi connectivity index (χ1n) is 6.43. The molecule has 1 amide bonds. The maximum absolute atomic E-state index is 12.9. The monoisotopic (exact) mass is 357 g/mol. The zero-order valence-corrected chi connectivity index (χ0v) is 13.6. The van der Waals surface area contributed by atoms with E-state index in [9.17, 15) is 17.6 Å². The summed E-state index contributed by atoms with van der Waals surface area (Å²) in [6.45, 7) is 0.133. The Balaban J connectivity index is 2.01. The number of halogens is 2. The van der Waals surface area contributed by atoms with Gasteiger partial charge in [-0.2, -0.15) is 0 Å². The molecule has 8 heteroatoms. The molecule has 0 saturated carbocycles. The lowest BCUT2D eigenvalue weighted by atomic mass is 10.2. The lowest BCUT2D eigenvalue weighted by Gasteiger charge is -2.09. The molecule has 2 aromatic carbocycles. The summed E-state index contributed by atoms with van der Waals surface area (Å²) >= 11 is 5.89. The van der Waals surface area contributed by atoms with Gasteiger partial charge in [-0.25, -0.2) is 17.5 Å². The summed E-state index contributed by atoms with van der Waals surface area (Å²) in [6.07, 6.45) is 0.898. The first-order chi connectivity index (χ1) is 10.7. The fraction of sp³-hybridized carbons (Fsp3) is 0.133. The van der Waals surface area contributed by atoms with Gasteiger partial charge in [0.2, 0.25) is 10.0 Å². The van der Waals surface area contributed by atoms with Gasteiger partial charge in [0.1, 0.15) is 18.2 Å². The number of nitrogens with one attached hydrogen (secondary N) is 1. The third kappa shape index (κ3) is 5.22. The van der Waals surface area contributed by atoms with Crippen LogP contribution in [0.3, 0.4) is 0 Å². The van der Waals surface area contributed by atoms with E-state index in [0.29, 0.717) is 11.3 Å². The number of sulfonamides is 1. The summed E-state index contributed by atoms with van der Waals surface area (Å²) in [4.78, 5) is 11.6. The molecule has 0 aliphatic rings. The molecule has 0 radical (unpaired) electrons. The Kier molecular flexibility index (Phi) is 5.23. The number of hydrogen-bond acceptors (Lipinski definition) is 4. The molecule has 0 aliphatic carbocycles. The van der Waals surface area contributed by atoms with Gasteiger partial charge in [0, 0.05) is 11.1 Å². The lowest BCUT2D eigenvalue weighted by Crippen LogP contribution is -2.29. The van der Waals surface area contributed by atoms with E-state index >= 15 is 0 Å². The van der Waals surface area contributed by atoms with E-state index in [4.69, 9.17) is 16.3 Å². The Labute approximate surface area is 138 Å². The minimum absolute atomic E-state index is 0.133. The van der Waals surface area contributed by atoms with Gasteiger partial charge in [0.05, 0.1) is 11.3 Å². The predicted molar refractivity (Wildman–Crippen MR) is 84.5 cm³/mol. The molecule has 0 fully saturated rings. The highest BCUT2D eigenvalue weighted by molar-refractivity contribution is 7.89. The van der Waals surface area contributed by atoms with Crippen molar-refractivity contribution in [3.63, 3.8) is 0 Å². The Morgan fingerprint density at radius 1 is 1.22 bits per heavy atom. The van der Waals surface area contributed by atoms with Crippen molar-refractivity contribution < 1.29 is 22.3 Å². The highest BCUT2D eigenvalue weighted by Crippen LogP contribution is 2.20. The largest absolute Gasteiger partial charge is 0.489 e. The average Bonchev–Trinajstić information content (AvgIpc) is 2.45. The lowest BCUT2D eigenvalue weighted by molar-refractivity contribution is 0.0981. The van der Waals surface area contributed by atoms with Crippen molar-refractivity contribution in [3.8, 4) is 5.75 Å². The number of carbonyl (C=O) groups is 1. The van der Waals surface area contributed by atoms with Crippen molar-refractivity contribution in [3.05, 3.63) is 64.4 Å². The first kappa shape index (κ1) is 17.2. The molecule has 5 nitrogen and oxygen atoms in total. The number of hydrogen-bond donors (Lipinski definition) is 1. The summed E-state index contributed by atoms with van der Waals surface area (Å²) in [6, 6.07) is 9.90. The van der Waals surface area contributed by atoms with Crippen LogP contribution in [0.4, 0.5) is 4.39 Å². The van der Waals surface area contributed by atoms with Gasteiger partial charge < -0.3 is 4.74 Å². The SMILES string of the molecule is CS(=O)(=O)NC(=O)c1ccc(OCc2ccc(F)cc2Cl)cc1. The molecular formula is C15H13ClFNO4S. The van der Waals surface area contributed by atoms with Crippen molar-refractivity contribution in [2.75, 3.05) is 6.26 Å². The van der Waals surface area contributed by atoms with E-state index in [1.54, 1.807) is 0 Å². The molecule has 0 aliphatic heterocycles. The quantitative estimate of drug-likeness (QED) is 0.893. The van der Waals surface area contributed by atoms with E-state index in [1.165, 1.54) is 42.5 Å². The smallest absolute Gasteiger partial charge is 0.264 e. The molecule has 2 aromatic rings. The number of carbonyl (C=O) groups excluding carboxylic acids is 1. The van der Waals surface area contributed by atoms with E-state index in [2.05, 4.69) is 0 Å². The van der Waals surface area contributed by atoms with Crippen LogP contribution < -0.4 is 9.46 Å². The molecule has 1 N–H and O–H groups in total. The van der Waals surface area contributed by atoms with Crippen LogP contribution in [-0.2, 0) is 16.6 Å². The number of rotatable bonds is 5. The molecule has 122 valence electrons. The highest BCUT2D eigenvalue weighted by atomic mass is 35.5. The maximum atomic E-state index is 12.9. The Bertz CT molecular complexity index is 822. The summed E-state index contributed by atoms with van der Waals surface area (Å²) in [5.74, 6) is -0.693. The van der Waals surface area contributed by atoms with Gasteiger partial charge in [-0.05, 0) is 36.4 Å². The standard InChI is InChI=1S/C15H13ClFNO4S/c1-23(20,21)18-15(19)10-3-6-13(7-4-10)22-9-11-2-5-12(17)8-14(11)16/h2-8H,9H2,1H3,(H,18,19). The molecular weight excluding hydrogens is 345 g/mol. The second kappa shape index (κ2) is 6.97. The molecule has 0 saturated heterocycles. The minimum atomic E-state index is -3.61. The fourth-order valence-corrected chi connectivity index (χ4v) is 2.41. The summed E-state index contributed by atoms with van der Waals surface area (Å²) < 4.78 is 42.3. The zero-order valence-electron chi connectivity index (χ0n) is 12.0. The van der Waals surface area contributed by atoms with Crippen LogP contribution in [0.5, 0.6) is 5.75 Å². The second-order valence-corrected chi connectivity index (χ2v) is 6.91. The third-order valence-corrected chi connectivity index (χ3v) is 3.71. The summed E-state index contributed by atoms with van der Waals surface area (Å²) in [5.41, 5.74) is 0.801. The molecule has 0 atom stereocenters. The van der Waals surface area contributed by atoms with Gasteiger partial charge in [0.15, 0.2) is 0 Å². The van der Waals surface area contributed by atoms with Gasteiger partial charge in [-0.3, -0.25) is 4.79 Å². The van der Waals surface area contributed by atoms with Crippen molar-refractivity contribution in [2.24, 2.45) is 0 Å². The number of amides is 1. The fourth-order valence-electron chi connectivity index (χ4n) is 1.73. The Morgan fingerprint density at radius 2 is 1.87 bits per heavy atom. The van der Waals surface area contributed by atoms with E-state index in [0.717, 1.165) is 6.26 Å². The van der Waals surface area contributed by atoms with Crippen molar-refractivity contribution in [1.29, 1.82) is 0 Å². The van der Waals surface area contributed by atoms with Gasteiger partial charge in [-0.15, -0.1) is 0 Å². The van der Waals surface area contributed by atoms with E-state index in [-0.39, 0.29) is 17.2 Å². The number of ether oxygens (including phenoxy) is 1. The molecule has 0 bridgehead atoms. The van der Waals surface area contributed by atoms with Crippen LogP contribution >= 0.6 is 11.6 Å². The van der Waals surface area contributed by atoms with E-state index in [1.807, 2.05) is 4.72 Å². The van der Waals surface area contributed by atoms with Crippen LogP contribution in [0.25, 0.3) is 0 Å². The van der Waals surface area contributed by atoms with Crippen molar-refractivity contribution in [2.45, 2.75) is 6.61 Å². The van der Waals surface area contributed by atoms with Crippen LogP contribution in [0.2, 0.25) is 5.02 Å². The van der Waals surface area contributed by atoms with Crippen LogP contribution in [-0.4, -0.2) is 20.6 Å². The highest BCUT2D eigenvalue weighted by Gasteiger charge is 2.11. The average molecular weight is 358 g/mol. The van der Waals surface area contributed by atoms with Gasteiger partial charge in [0.25, 0.3) is 5.91 Å². The Morgan fingerprint density at radius 3 is 2.43 bits per heavy atom. The normalized spacial score (nSPS) is 11.1. The van der Waals surface area contributed by atoms with Gasteiger partial charge in [-0.1, -0.05) is 17.7 Å². The molecule has 0 spiro atoms. The van der Waals surface area contributed by atoms with E-state index < -0.39 is 21.7 Å². The van der Waals surface area contributed by atoms with Crippen LogP contribution in [0.15, 0.2) is 42.5 Å². The Hall–Kier alpha value is -2.12.